The lowest BCUT2D eigenvalue weighted by atomic mass is 9.49. The Bertz CT molecular complexity index is 1460. The molecule has 4 rings (SSSR count). The third kappa shape index (κ3) is 9.30. The van der Waals surface area contributed by atoms with Crippen LogP contribution in [0.3, 0.4) is 0 Å². The number of piperidine rings is 1. The van der Waals surface area contributed by atoms with Crippen LogP contribution in [0, 0.1) is 11.8 Å². The maximum atomic E-state index is 13.3. The van der Waals surface area contributed by atoms with Gasteiger partial charge in [-0.25, -0.2) is 4.98 Å². The van der Waals surface area contributed by atoms with Crippen molar-refractivity contribution in [3.05, 3.63) is 52.6 Å². The van der Waals surface area contributed by atoms with Gasteiger partial charge in [0.05, 0.1) is 53.8 Å². The van der Waals surface area contributed by atoms with Crippen LogP contribution in [0.2, 0.25) is 0 Å². The first-order valence-electron chi connectivity index (χ1n) is 14.7. The summed E-state index contributed by atoms with van der Waals surface area (Å²) in [6.07, 6.45) is 7.94. The van der Waals surface area contributed by atoms with Crippen molar-refractivity contribution in [2.24, 2.45) is 23.3 Å². The topological polar surface area (TPSA) is 185 Å². The van der Waals surface area contributed by atoms with Gasteiger partial charge in [-0.15, -0.1) is 11.3 Å². The van der Waals surface area contributed by atoms with Crippen molar-refractivity contribution < 1.29 is 24.2 Å². The second-order valence-electron chi connectivity index (χ2n) is 11.2. The van der Waals surface area contributed by atoms with E-state index in [9.17, 15) is 14.4 Å². The summed E-state index contributed by atoms with van der Waals surface area (Å²) in [5, 5.41) is 15.4. The van der Waals surface area contributed by atoms with E-state index in [1.807, 2.05) is 4.90 Å². The van der Waals surface area contributed by atoms with Gasteiger partial charge in [0.25, 0.3) is 11.8 Å². The van der Waals surface area contributed by atoms with Crippen molar-refractivity contribution in [3.63, 3.8) is 0 Å². The van der Waals surface area contributed by atoms with Crippen LogP contribution in [0.1, 0.15) is 48.2 Å². The number of hydrogen-bond acceptors (Lipinski definition) is 10. The van der Waals surface area contributed by atoms with Crippen LogP contribution in [-0.2, 0) is 9.59 Å². The van der Waals surface area contributed by atoms with Crippen LogP contribution in [0.4, 0.5) is 5.69 Å². The Labute approximate surface area is 270 Å². The number of aliphatic hydroxyl groups excluding tert-OH is 1. The lowest BCUT2D eigenvalue weighted by molar-refractivity contribution is -0.121. The van der Waals surface area contributed by atoms with Gasteiger partial charge < -0.3 is 42.2 Å². The minimum Gasteiger partial charge on any atom is -0.494 e. The highest BCUT2D eigenvalue weighted by molar-refractivity contribution is 7.17. The number of nitrogens with two attached hydrogens (primary N) is 2. The molecule has 2 heterocycles. The van der Waals surface area contributed by atoms with Crippen LogP contribution < -0.4 is 32.2 Å². The minimum atomic E-state index is -2.05. The lowest BCUT2D eigenvalue weighted by Crippen LogP contribution is -2.51. The zero-order valence-electron chi connectivity index (χ0n) is 25.2. The molecule has 1 saturated carbocycles. The summed E-state index contributed by atoms with van der Waals surface area (Å²) < 4.78 is 5.74. The molecule has 1 saturated heterocycles. The van der Waals surface area contributed by atoms with Gasteiger partial charge in [0.1, 0.15) is 21.4 Å². The summed E-state index contributed by atoms with van der Waals surface area (Å²) in [4.78, 5) is 45.2. The number of allylic oxidation sites excluding steroid dienone is 1. The third-order valence-corrected chi connectivity index (χ3v) is 8.51. The summed E-state index contributed by atoms with van der Waals surface area (Å²) in [5.74, 6) is -0.516. The van der Waals surface area contributed by atoms with Crippen LogP contribution in [0.15, 0.2) is 47.7 Å². The van der Waals surface area contributed by atoms with E-state index in [0.717, 1.165) is 38.5 Å². The first-order chi connectivity index (χ1) is 21.4. The highest BCUT2D eigenvalue weighted by Gasteiger charge is 2.30. The summed E-state index contributed by atoms with van der Waals surface area (Å²) in [5.41, 5.74) is 12.8. The molecule has 2 aromatic rings. The number of methoxy groups -OCH3 is 1. The smallest absolute Gasteiger partial charge is 0.267 e. The average molecular weight is 627 g/mol. The molecule has 1 aliphatic heterocycles. The molecular formula is C29H36B3N7O5S. The SMILES string of the molecule is [B]C([B])([B])NC(=O)/C(N)=C(/C=C(\N)NC(=O)C1CC1)Nc1cccc(-c2ncc(C(=O)N3CCC(CCCO)CC3)s2)c1OC. The van der Waals surface area contributed by atoms with Crippen LogP contribution in [0.5, 0.6) is 5.75 Å². The molecule has 6 radical (unpaired) electrons. The quantitative estimate of drug-likeness (QED) is 0.105. The number of aliphatic hydroxyl groups is 1. The Balaban J connectivity index is 1.58. The van der Waals surface area contributed by atoms with E-state index < -0.39 is 11.1 Å². The molecule has 45 heavy (non-hydrogen) atoms. The standard InChI is InChI=1S/C29H36B3N7O5S/c1-44-24-18(27-35-15-21(45-27)28(43)39-11-9-16(10-12-39)4-3-13-40)5-2-6-19(24)36-20(23(34)26(42)38-29(30,31)32)14-22(33)37-25(41)17-7-8-17/h2,5-6,14-17,36,40H,3-4,7-13,33-34H2,1H3,(H,37,41)(H,38,42)/b22-14+,23-20+. The van der Waals surface area contributed by atoms with Gasteiger partial charge in [0.15, 0.2) is 5.75 Å². The van der Waals surface area contributed by atoms with Gasteiger partial charge in [-0.05, 0) is 56.6 Å². The normalized spacial score (nSPS) is 16.5. The minimum absolute atomic E-state index is 0.00167. The average Bonchev–Trinajstić information content (AvgIpc) is 3.75. The molecule has 1 aromatic carbocycles. The van der Waals surface area contributed by atoms with Crippen molar-refractivity contribution in [2.75, 3.05) is 32.1 Å². The van der Waals surface area contributed by atoms with Crippen LogP contribution in [0.25, 0.3) is 10.6 Å². The Morgan fingerprint density at radius 1 is 1.18 bits per heavy atom. The number of nitrogens with zero attached hydrogens (tertiary/aromatic N) is 2. The second kappa shape index (κ2) is 14.9. The number of carbonyl (C=O) groups excluding carboxylic acids is 3. The molecule has 8 N–H and O–H groups in total. The maximum absolute atomic E-state index is 13.3. The number of likely N-dealkylation sites (tertiary alicyclic amines) is 1. The molecule has 0 bridgehead atoms. The van der Waals surface area contributed by atoms with Gasteiger partial charge in [-0.2, -0.15) is 0 Å². The van der Waals surface area contributed by atoms with Gasteiger partial charge in [-0.1, -0.05) is 11.3 Å². The van der Waals surface area contributed by atoms with E-state index in [1.54, 1.807) is 24.4 Å². The van der Waals surface area contributed by atoms with Crippen molar-refractivity contribution in [1.29, 1.82) is 0 Å². The second-order valence-corrected chi connectivity index (χ2v) is 12.3. The molecule has 1 aromatic heterocycles. The number of ether oxygens (including phenoxy) is 1. The fourth-order valence-electron chi connectivity index (χ4n) is 4.98. The number of carbonyl (C=O) groups is 3. The molecule has 2 fully saturated rings. The molecule has 0 atom stereocenters. The zero-order chi connectivity index (χ0) is 32.7. The number of para-hydroxylation sites is 1. The van der Waals surface area contributed by atoms with E-state index in [4.69, 9.17) is 44.8 Å². The summed E-state index contributed by atoms with van der Waals surface area (Å²) >= 11 is 1.24. The molecule has 1 aliphatic carbocycles. The van der Waals surface area contributed by atoms with Crippen LogP contribution >= 0.6 is 11.3 Å². The number of nitrogens with one attached hydrogen (secondary N) is 3. The molecule has 3 amide bonds. The number of anilines is 1. The molecule has 232 valence electrons. The third-order valence-electron chi connectivity index (χ3n) is 7.49. The Kier molecular flexibility index (Phi) is 11.3. The van der Waals surface area contributed by atoms with Crippen molar-refractivity contribution >= 4 is 58.3 Å². The number of rotatable bonds is 13. The van der Waals surface area contributed by atoms with E-state index in [1.165, 1.54) is 24.5 Å². The largest absolute Gasteiger partial charge is 0.494 e. The predicted octanol–water partition coefficient (Wildman–Crippen LogP) is 0.585. The van der Waals surface area contributed by atoms with Gasteiger partial charge in [0.2, 0.25) is 5.91 Å². The Morgan fingerprint density at radius 3 is 2.51 bits per heavy atom. The van der Waals surface area contributed by atoms with Crippen LogP contribution in [-0.4, -0.2) is 88.3 Å². The fourth-order valence-corrected chi connectivity index (χ4v) is 5.88. The first-order valence-corrected chi connectivity index (χ1v) is 15.5. The number of aromatic nitrogens is 1. The predicted molar refractivity (Wildman–Crippen MR) is 175 cm³/mol. The van der Waals surface area contributed by atoms with E-state index in [2.05, 4.69) is 20.9 Å². The van der Waals surface area contributed by atoms with E-state index in [-0.39, 0.29) is 41.6 Å². The molecule has 0 unspecified atom stereocenters. The summed E-state index contributed by atoms with van der Waals surface area (Å²) in [7, 11) is 18.0. The molecule has 12 nitrogen and oxygen atoms in total. The van der Waals surface area contributed by atoms with Crippen molar-refractivity contribution in [3.8, 4) is 16.3 Å². The summed E-state index contributed by atoms with van der Waals surface area (Å²) in [6, 6.07) is 5.20. The molecule has 16 heteroatoms. The Hall–Kier alpha value is -3.91. The van der Waals surface area contributed by atoms with Crippen molar-refractivity contribution in [2.45, 2.75) is 43.8 Å². The monoisotopic (exact) mass is 627 g/mol. The number of benzene rings is 1. The van der Waals surface area contributed by atoms with Crippen molar-refractivity contribution in [1.82, 2.24) is 20.5 Å². The van der Waals surface area contributed by atoms with Gasteiger partial charge in [-0.3, -0.25) is 14.4 Å². The van der Waals surface area contributed by atoms with E-state index in [0.29, 0.717) is 45.9 Å². The summed E-state index contributed by atoms with van der Waals surface area (Å²) in [6.45, 7) is 1.50. The van der Waals surface area contributed by atoms with Gasteiger partial charge >= 0.3 is 0 Å². The highest BCUT2D eigenvalue weighted by atomic mass is 32.1. The molecule has 0 spiro atoms. The number of hydrogen-bond donors (Lipinski definition) is 6. The molecule has 2 aliphatic rings. The van der Waals surface area contributed by atoms with E-state index >= 15 is 0 Å². The fraction of sp³-hybridized carbons (Fsp3) is 0.448. The maximum Gasteiger partial charge on any atom is 0.267 e. The zero-order valence-corrected chi connectivity index (χ0v) is 26.0. The highest BCUT2D eigenvalue weighted by Crippen LogP contribution is 2.39. The van der Waals surface area contributed by atoms with Gasteiger partial charge in [0, 0.05) is 31.7 Å². The number of thiazole rings is 1. The Morgan fingerprint density at radius 2 is 1.89 bits per heavy atom. The first kappa shape index (κ1) is 34.0. The molecular weight excluding hydrogens is 591 g/mol. The number of amides is 3. The lowest BCUT2D eigenvalue weighted by Gasteiger charge is -2.31.